The van der Waals surface area contributed by atoms with Crippen molar-refractivity contribution in [2.75, 3.05) is 6.54 Å². The highest BCUT2D eigenvalue weighted by Crippen LogP contribution is 2.11. The van der Waals surface area contributed by atoms with E-state index >= 15 is 0 Å². The molecule has 0 bridgehead atoms. The van der Waals surface area contributed by atoms with Crippen molar-refractivity contribution in [2.45, 2.75) is 40.7 Å². The fourth-order valence-corrected chi connectivity index (χ4v) is 1.89. The molecule has 0 aliphatic carbocycles. The van der Waals surface area contributed by atoms with Gasteiger partial charge in [-0.25, -0.2) is 9.78 Å². The van der Waals surface area contributed by atoms with Crippen LogP contribution in [0.5, 0.6) is 0 Å². The van der Waals surface area contributed by atoms with E-state index in [2.05, 4.69) is 15.6 Å². The van der Waals surface area contributed by atoms with Crippen molar-refractivity contribution < 1.29 is 19.1 Å². The van der Waals surface area contributed by atoms with Crippen LogP contribution in [-0.4, -0.2) is 28.6 Å². The first kappa shape index (κ1) is 17.0. The molecule has 2 amide bonds. The molecule has 1 aromatic rings. The molecule has 0 radical (unpaired) electrons. The number of hydrogen-bond acceptors (Lipinski definition) is 4. The van der Waals surface area contributed by atoms with Crippen LogP contribution in [0.15, 0.2) is 4.42 Å². The summed E-state index contributed by atoms with van der Waals surface area (Å²) in [5, 5.41) is 14.2. The molecule has 7 heteroatoms. The summed E-state index contributed by atoms with van der Waals surface area (Å²) in [7, 11) is 0. The van der Waals surface area contributed by atoms with Crippen LogP contribution in [0.2, 0.25) is 0 Å². The van der Waals surface area contributed by atoms with Gasteiger partial charge in [-0.2, -0.15) is 0 Å². The van der Waals surface area contributed by atoms with Crippen LogP contribution in [0.3, 0.4) is 0 Å². The van der Waals surface area contributed by atoms with Gasteiger partial charge in [-0.15, -0.1) is 0 Å². The molecule has 118 valence electrons. The fraction of sp³-hybridized carbons (Fsp3) is 0.643. The van der Waals surface area contributed by atoms with Gasteiger partial charge in [-0.3, -0.25) is 4.79 Å². The lowest BCUT2D eigenvalue weighted by Crippen LogP contribution is -2.40. The van der Waals surface area contributed by atoms with Crippen molar-refractivity contribution in [3.63, 3.8) is 0 Å². The van der Waals surface area contributed by atoms with Gasteiger partial charge in [0.1, 0.15) is 5.76 Å². The summed E-state index contributed by atoms with van der Waals surface area (Å²) in [5.74, 6) is -0.0774. The molecule has 1 rings (SSSR count). The maximum absolute atomic E-state index is 11.6. The number of carbonyl (C=O) groups is 2. The van der Waals surface area contributed by atoms with Crippen LogP contribution >= 0.6 is 0 Å². The van der Waals surface area contributed by atoms with Crippen LogP contribution < -0.4 is 10.6 Å². The van der Waals surface area contributed by atoms with Crippen LogP contribution in [-0.2, 0) is 11.3 Å². The first-order valence-corrected chi connectivity index (χ1v) is 6.97. The molecule has 1 heterocycles. The minimum Gasteiger partial charge on any atom is -0.481 e. The maximum Gasteiger partial charge on any atom is 0.315 e. The average molecular weight is 297 g/mol. The van der Waals surface area contributed by atoms with E-state index < -0.39 is 17.9 Å². The van der Waals surface area contributed by atoms with Crippen LogP contribution in [0.25, 0.3) is 0 Å². The molecule has 1 unspecified atom stereocenters. The number of hydrogen-bond donors (Lipinski definition) is 3. The number of oxazole rings is 1. The van der Waals surface area contributed by atoms with E-state index in [9.17, 15) is 9.59 Å². The van der Waals surface area contributed by atoms with Crippen molar-refractivity contribution in [2.24, 2.45) is 11.8 Å². The second kappa shape index (κ2) is 7.66. The predicted octanol–water partition coefficient (Wildman–Crippen LogP) is 1.84. The average Bonchev–Trinajstić information content (AvgIpc) is 2.70. The highest BCUT2D eigenvalue weighted by Gasteiger charge is 2.19. The van der Waals surface area contributed by atoms with Gasteiger partial charge in [0, 0.05) is 6.54 Å². The van der Waals surface area contributed by atoms with Gasteiger partial charge in [0.25, 0.3) is 0 Å². The Morgan fingerprint density at radius 2 is 1.95 bits per heavy atom. The topological polar surface area (TPSA) is 104 Å². The van der Waals surface area contributed by atoms with Crippen LogP contribution in [0.4, 0.5) is 4.79 Å². The lowest BCUT2D eigenvalue weighted by molar-refractivity contribution is -0.142. The summed E-state index contributed by atoms with van der Waals surface area (Å²) >= 11 is 0. The lowest BCUT2D eigenvalue weighted by atomic mass is 9.97. The van der Waals surface area contributed by atoms with Gasteiger partial charge in [0.05, 0.1) is 18.2 Å². The van der Waals surface area contributed by atoms with E-state index in [-0.39, 0.29) is 19.0 Å². The lowest BCUT2D eigenvalue weighted by Gasteiger charge is -2.15. The SMILES string of the molecule is Cc1nc(CNC(=O)NCC(CC(C)C)C(=O)O)oc1C. The molecule has 1 atom stereocenters. The number of amides is 2. The molecule has 3 N–H and O–H groups in total. The molecular weight excluding hydrogens is 274 g/mol. The molecule has 7 nitrogen and oxygen atoms in total. The molecule has 0 fully saturated rings. The van der Waals surface area contributed by atoms with Crippen molar-refractivity contribution in [3.05, 3.63) is 17.3 Å². The van der Waals surface area contributed by atoms with Gasteiger partial charge in [0.2, 0.25) is 5.89 Å². The molecule has 0 aliphatic heterocycles. The zero-order chi connectivity index (χ0) is 16.0. The number of carboxylic acids is 1. The zero-order valence-corrected chi connectivity index (χ0v) is 12.9. The van der Waals surface area contributed by atoms with E-state index in [1.165, 1.54) is 0 Å². The summed E-state index contributed by atoms with van der Waals surface area (Å²) in [6.07, 6.45) is 0.522. The fourth-order valence-electron chi connectivity index (χ4n) is 1.89. The quantitative estimate of drug-likeness (QED) is 0.712. The van der Waals surface area contributed by atoms with E-state index in [0.717, 1.165) is 11.5 Å². The third-order valence-electron chi connectivity index (χ3n) is 3.09. The summed E-state index contributed by atoms with van der Waals surface area (Å²) in [6.45, 7) is 7.79. The number of nitrogens with zero attached hydrogens (tertiary/aromatic N) is 1. The van der Waals surface area contributed by atoms with Crippen molar-refractivity contribution in [3.8, 4) is 0 Å². The van der Waals surface area contributed by atoms with E-state index in [0.29, 0.717) is 12.3 Å². The second-order valence-corrected chi connectivity index (χ2v) is 5.48. The Balaban J connectivity index is 2.37. The third-order valence-corrected chi connectivity index (χ3v) is 3.09. The predicted molar refractivity (Wildman–Crippen MR) is 76.8 cm³/mol. The maximum atomic E-state index is 11.6. The molecule has 0 spiro atoms. The largest absolute Gasteiger partial charge is 0.481 e. The standard InChI is InChI=1S/C14H23N3O4/c1-8(2)5-11(13(18)19)6-15-14(20)16-7-12-17-9(3)10(4)21-12/h8,11H,5-7H2,1-4H3,(H,18,19)(H2,15,16,20). The number of carbonyl (C=O) groups excluding carboxylic acids is 1. The molecule has 0 aromatic carbocycles. The number of urea groups is 1. The summed E-state index contributed by atoms with van der Waals surface area (Å²) < 4.78 is 5.33. The molecule has 21 heavy (non-hydrogen) atoms. The Morgan fingerprint density at radius 1 is 1.29 bits per heavy atom. The normalized spacial score (nSPS) is 12.2. The smallest absolute Gasteiger partial charge is 0.315 e. The van der Waals surface area contributed by atoms with Crippen molar-refractivity contribution >= 4 is 12.0 Å². The molecule has 0 aliphatic rings. The Kier molecular flexibility index (Phi) is 6.20. The minimum atomic E-state index is -0.900. The Labute approximate surface area is 124 Å². The monoisotopic (exact) mass is 297 g/mol. The Hall–Kier alpha value is -2.05. The van der Waals surface area contributed by atoms with E-state index in [4.69, 9.17) is 9.52 Å². The zero-order valence-electron chi connectivity index (χ0n) is 12.9. The van der Waals surface area contributed by atoms with Gasteiger partial charge < -0.3 is 20.2 Å². The highest BCUT2D eigenvalue weighted by molar-refractivity contribution is 5.75. The Morgan fingerprint density at radius 3 is 2.43 bits per heavy atom. The number of aromatic nitrogens is 1. The number of carboxylic acid groups (broad SMARTS) is 1. The number of rotatable bonds is 7. The van der Waals surface area contributed by atoms with Crippen molar-refractivity contribution in [1.82, 2.24) is 15.6 Å². The van der Waals surface area contributed by atoms with Gasteiger partial charge in [0.15, 0.2) is 0 Å². The van der Waals surface area contributed by atoms with Gasteiger partial charge in [-0.05, 0) is 26.2 Å². The van der Waals surface area contributed by atoms with E-state index in [1.807, 2.05) is 20.8 Å². The number of aryl methyl sites for hydroxylation is 2. The van der Waals surface area contributed by atoms with Gasteiger partial charge in [-0.1, -0.05) is 13.8 Å². The molecule has 0 saturated carbocycles. The number of aliphatic carboxylic acids is 1. The molecule has 1 aromatic heterocycles. The van der Waals surface area contributed by atoms with Crippen LogP contribution in [0.1, 0.15) is 37.6 Å². The molecule has 0 saturated heterocycles. The van der Waals surface area contributed by atoms with E-state index in [1.54, 1.807) is 6.92 Å². The second-order valence-electron chi connectivity index (χ2n) is 5.48. The minimum absolute atomic E-state index is 0.100. The summed E-state index contributed by atoms with van der Waals surface area (Å²) in [6, 6.07) is -0.432. The van der Waals surface area contributed by atoms with Crippen molar-refractivity contribution in [1.29, 1.82) is 0 Å². The highest BCUT2D eigenvalue weighted by atomic mass is 16.4. The first-order chi connectivity index (χ1) is 9.79. The first-order valence-electron chi connectivity index (χ1n) is 6.97. The summed E-state index contributed by atoms with van der Waals surface area (Å²) in [5.41, 5.74) is 0.787. The molecular formula is C14H23N3O4. The van der Waals surface area contributed by atoms with Crippen LogP contribution in [0, 0.1) is 25.7 Å². The summed E-state index contributed by atoms with van der Waals surface area (Å²) in [4.78, 5) is 26.8. The van der Waals surface area contributed by atoms with Gasteiger partial charge >= 0.3 is 12.0 Å². The Bertz CT molecular complexity index is 477. The third kappa shape index (κ3) is 5.85. The number of nitrogens with one attached hydrogen (secondary N) is 2.